The molecule has 23 heavy (non-hydrogen) atoms. The van der Waals surface area contributed by atoms with Crippen LogP contribution in [0.15, 0.2) is 30.7 Å². The quantitative estimate of drug-likeness (QED) is 0.681. The van der Waals surface area contributed by atoms with Crippen LogP contribution in [0.2, 0.25) is 5.02 Å². The minimum Gasteiger partial charge on any atom is -0.481 e. The summed E-state index contributed by atoms with van der Waals surface area (Å²) >= 11 is 5.88. The number of carbonyl (C=O) groups excluding carboxylic acids is 1. The highest BCUT2D eigenvalue weighted by atomic mass is 35.5. The van der Waals surface area contributed by atoms with Crippen molar-refractivity contribution in [1.29, 1.82) is 0 Å². The summed E-state index contributed by atoms with van der Waals surface area (Å²) < 4.78 is 20.9. The van der Waals surface area contributed by atoms with Gasteiger partial charge in [-0.15, -0.1) is 5.10 Å². The zero-order chi connectivity index (χ0) is 16.4. The molecule has 0 N–H and O–H groups in total. The summed E-state index contributed by atoms with van der Waals surface area (Å²) in [5.74, 6) is -0.402. The SMILES string of the molecule is COc1cc(-c2c(-n3cc(C=O)nn3)ccc(Cl)c2F)ncn1. The molecule has 9 heteroatoms. The lowest BCUT2D eigenvalue weighted by atomic mass is 10.1. The highest BCUT2D eigenvalue weighted by Gasteiger charge is 2.19. The minimum absolute atomic E-state index is 0.0722. The summed E-state index contributed by atoms with van der Waals surface area (Å²) in [6, 6.07) is 4.41. The van der Waals surface area contributed by atoms with Gasteiger partial charge < -0.3 is 4.74 Å². The Labute approximate surface area is 134 Å². The van der Waals surface area contributed by atoms with Crippen LogP contribution in [0.25, 0.3) is 16.9 Å². The Kier molecular flexibility index (Phi) is 3.98. The van der Waals surface area contributed by atoms with Crippen molar-refractivity contribution in [2.24, 2.45) is 0 Å². The van der Waals surface area contributed by atoms with Crippen LogP contribution in [0, 0.1) is 5.82 Å². The van der Waals surface area contributed by atoms with Crippen molar-refractivity contribution in [2.75, 3.05) is 7.11 Å². The molecule has 2 heterocycles. The van der Waals surface area contributed by atoms with E-state index in [2.05, 4.69) is 20.3 Å². The molecule has 0 aliphatic heterocycles. The summed E-state index contributed by atoms with van der Waals surface area (Å²) in [6.45, 7) is 0. The van der Waals surface area contributed by atoms with Crippen molar-refractivity contribution in [1.82, 2.24) is 25.0 Å². The van der Waals surface area contributed by atoms with Crippen molar-refractivity contribution >= 4 is 17.9 Å². The fourth-order valence-corrected chi connectivity index (χ4v) is 2.17. The van der Waals surface area contributed by atoms with Gasteiger partial charge in [0.2, 0.25) is 5.88 Å². The average molecular weight is 334 g/mol. The Morgan fingerprint density at radius 3 is 2.87 bits per heavy atom. The summed E-state index contributed by atoms with van der Waals surface area (Å²) in [4.78, 5) is 18.7. The fourth-order valence-electron chi connectivity index (χ4n) is 2.01. The third-order valence-corrected chi connectivity index (χ3v) is 3.35. The van der Waals surface area contributed by atoms with Crippen molar-refractivity contribution in [3.05, 3.63) is 47.3 Å². The van der Waals surface area contributed by atoms with Gasteiger partial charge in [0, 0.05) is 6.07 Å². The van der Waals surface area contributed by atoms with E-state index in [-0.39, 0.29) is 27.9 Å². The van der Waals surface area contributed by atoms with Gasteiger partial charge in [-0.1, -0.05) is 16.8 Å². The third-order valence-electron chi connectivity index (χ3n) is 3.06. The van der Waals surface area contributed by atoms with Gasteiger partial charge in [0.1, 0.15) is 12.0 Å². The van der Waals surface area contributed by atoms with E-state index in [9.17, 15) is 9.18 Å². The van der Waals surface area contributed by atoms with Gasteiger partial charge in [0.25, 0.3) is 0 Å². The first-order valence-corrected chi connectivity index (χ1v) is 6.74. The van der Waals surface area contributed by atoms with Crippen molar-refractivity contribution in [3.8, 4) is 22.8 Å². The second-order valence-electron chi connectivity index (χ2n) is 4.41. The van der Waals surface area contributed by atoms with Crippen molar-refractivity contribution in [3.63, 3.8) is 0 Å². The first kappa shape index (κ1) is 15.0. The summed E-state index contributed by atoms with van der Waals surface area (Å²) in [7, 11) is 1.44. The average Bonchev–Trinajstić information content (AvgIpc) is 3.06. The Morgan fingerprint density at radius 1 is 1.35 bits per heavy atom. The molecule has 0 saturated heterocycles. The molecule has 0 fully saturated rings. The fraction of sp³-hybridized carbons (Fsp3) is 0.0714. The number of aromatic nitrogens is 5. The topological polar surface area (TPSA) is 82.8 Å². The zero-order valence-corrected chi connectivity index (χ0v) is 12.5. The van der Waals surface area contributed by atoms with E-state index < -0.39 is 5.82 Å². The molecule has 0 amide bonds. The number of carbonyl (C=O) groups is 1. The molecule has 3 aromatic rings. The number of ether oxygens (including phenoxy) is 1. The van der Waals surface area contributed by atoms with Gasteiger partial charge in [-0.2, -0.15) is 0 Å². The number of hydrogen-bond donors (Lipinski definition) is 0. The molecular formula is C14H9ClFN5O2. The molecule has 3 rings (SSSR count). The molecule has 1 aromatic carbocycles. The number of halogens is 2. The number of benzene rings is 1. The van der Waals surface area contributed by atoms with Crippen molar-refractivity contribution in [2.45, 2.75) is 0 Å². The third kappa shape index (κ3) is 2.76. The molecule has 0 bridgehead atoms. The smallest absolute Gasteiger partial charge is 0.216 e. The molecule has 116 valence electrons. The maximum absolute atomic E-state index is 14.6. The molecule has 0 unspecified atom stereocenters. The highest BCUT2D eigenvalue weighted by molar-refractivity contribution is 6.31. The zero-order valence-electron chi connectivity index (χ0n) is 11.8. The number of nitrogens with zero attached hydrogens (tertiary/aromatic N) is 5. The lowest BCUT2D eigenvalue weighted by Crippen LogP contribution is -2.02. The first-order chi connectivity index (χ1) is 11.1. The van der Waals surface area contributed by atoms with Crippen LogP contribution in [0.1, 0.15) is 10.5 Å². The van der Waals surface area contributed by atoms with Crippen LogP contribution in [0.3, 0.4) is 0 Å². The minimum atomic E-state index is -0.673. The second-order valence-corrected chi connectivity index (χ2v) is 4.81. The van der Waals surface area contributed by atoms with Gasteiger partial charge in [0.05, 0.1) is 35.3 Å². The maximum Gasteiger partial charge on any atom is 0.216 e. The monoisotopic (exact) mass is 333 g/mol. The molecule has 0 radical (unpaired) electrons. The Hall–Kier alpha value is -2.87. The van der Waals surface area contributed by atoms with Gasteiger partial charge in [-0.3, -0.25) is 4.79 Å². The molecule has 0 aliphatic rings. The van der Waals surface area contributed by atoms with Crippen LogP contribution < -0.4 is 4.74 Å². The summed E-state index contributed by atoms with van der Waals surface area (Å²) in [5.41, 5.74) is 0.801. The van der Waals surface area contributed by atoms with E-state index in [0.717, 1.165) is 0 Å². The van der Waals surface area contributed by atoms with E-state index in [4.69, 9.17) is 16.3 Å². The van der Waals surface area contributed by atoms with Gasteiger partial charge in [-0.25, -0.2) is 19.0 Å². The Morgan fingerprint density at radius 2 is 2.17 bits per heavy atom. The Bertz CT molecular complexity index is 883. The predicted molar refractivity (Wildman–Crippen MR) is 79.3 cm³/mol. The molecule has 0 aliphatic carbocycles. The summed E-state index contributed by atoms with van der Waals surface area (Å²) in [5, 5.41) is 7.40. The van der Waals surface area contributed by atoms with Gasteiger partial charge in [0.15, 0.2) is 12.1 Å². The molecular weight excluding hydrogens is 325 g/mol. The largest absolute Gasteiger partial charge is 0.481 e. The van der Waals surface area contributed by atoms with Crippen molar-refractivity contribution < 1.29 is 13.9 Å². The number of methoxy groups -OCH3 is 1. The van der Waals surface area contributed by atoms with Crippen LogP contribution in [-0.2, 0) is 0 Å². The number of rotatable bonds is 4. The first-order valence-electron chi connectivity index (χ1n) is 6.36. The van der Waals surface area contributed by atoms with Crippen LogP contribution in [0.4, 0.5) is 4.39 Å². The number of aldehydes is 1. The van der Waals surface area contributed by atoms with E-state index in [1.807, 2.05) is 0 Å². The lowest BCUT2D eigenvalue weighted by molar-refractivity contribution is 0.111. The molecule has 2 aromatic heterocycles. The van der Waals surface area contributed by atoms with E-state index >= 15 is 0 Å². The molecule has 0 spiro atoms. The van der Waals surface area contributed by atoms with Gasteiger partial charge >= 0.3 is 0 Å². The second kappa shape index (κ2) is 6.09. The normalized spacial score (nSPS) is 10.6. The Balaban J connectivity index is 2.25. The van der Waals surface area contributed by atoms with Crippen LogP contribution >= 0.6 is 11.6 Å². The van der Waals surface area contributed by atoms with Gasteiger partial charge in [-0.05, 0) is 12.1 Å². The lowest BCUT2D eigenvalue weighted by Gasteiger charge is -2.11. The highest BCUT2D eigenvalue weighted by Crippen LogP contribution is 2.33. The van der Waals surface area contributed by atoms with Crippen LogP contribution in [0.5, 0.6) is 5.88 Å². The molecule has 0 saturated carbocycles. The molecule has 7 nitrogen and oxygen atoms in total. The maximum atomic E-state index is 14.6. The number of hydrogen-bond acceptors (Lipinski definition) is 6. The predicted octanol–water partition coefficient (Wildman–Crippen LogP) is 2.34. The summed E-state index contributed by atoms with van der Waals surface area (Å²) in [6.07, 6.45) is 3.16. The van der Waals surface area contributed by atoms with E-state index in [0.29, 0.717) is 12.0 Å². The molecule has 0 atom stereocenters. The van der Waals surface area contributed by atoms with E-state index in [1.54, 1.807) is 6.07 Å². The van der Waals surface area contributed by atoms with E-state index in [1.165, 1.54) is 36.4 Å². The van der Waals surface area contributed by atoms with Crippen LogP contribution in [-0.4, -0.2) is 38.4 Å². The standard InChI is InChI=1S/C14H9ClFN5O2/c1-23-12-4-10(17-7-18-12)13-11(3-2-9(15)14(13)16)21-5-8(6-22)19-20-21/h2-7H,1H3.